The fraction of sp³-hybridized carbons (Fsp3) is 0.190. The molecule has 0 fully saturated rings. The molecule has 0 spiro atoms. The van der Waals surface area contributed by atoms with E-state index in [1.807, 2.05) is 0 Å². The van der Waals surface area contributed by atoms with E-state index in [4.69, 9.17) is 33.4 Å². The van der Waals surface area contributed by atoms with Crippen molar-refractivity contribution in [2.75, 3.05) is 11.9 Å². The number of halogens is 2. The van der Waals surface area contributed by atoms with Gasteiger partial charge in [0.05, 0.1) is 35.1 Å². The van der Waals surface area contributed by atoms with Crippen LogP contribution in [0.3, 0.4) is 0 Å². The van der Waals surface area contributed by atoms with Gasteiger partial charge in [0, 0.05) is 10.6 Å². The summed E-state index contributed by atoms with van der Waals surface area (Å²) in [5.74, 6) is -0.763. The molecular formula is C21H20Cl2N4O4. The van der Waals surface area contributed by atoms with E-state index >= 15 is 0 Å². The van der Waals surface area contributed by atoms with Gasteiger partial charge in [0.2, 0.25) is 11.8 Å². The predicted octanol–water partition coefficient (Wildman–Crippen LogP) is 3.79. The molecule has 3 aromatic rings. The molecule has 2 aromatic carbocycles. The Hall–Kier alpha value is -2.91. The molecule has 0 aliphatic carbocycles. The minimum Gasteiger partial charge on any atom is -0.478 e. The number of rotatable bonds is 9. The van der Waals surface area contributed by atoms with E-state index in [9.17, 15) is 14.7 Å². The van der Waals surface area contributed by atoms with Crippen molar-refractivity contribution in [1.29, 1.82) is 0 Å². The largest absolute Gasteiger partial charge is 0.478 e. The van der Waals surface area contributed by atoms with Crippen molar-refractivity contribution in [3.63, 3.8) is 0 Å². The van der Waals surface area contributed by atoms with E-state index in [0.29, 0.717) is 33.7 Å². The first-order valence-corrected chi connectivity index (χ1v) is 10.1. The SMILES string of the molecule is NCCC(NCc1ncc(-c2cc(Cl)ccc2Cl)o1)C(=O)Nc1ccccc1C(=O)O. The van der Waals surface area contributed by atoms with Gasteiger partial charge in [0.1, 0.15) is 0 Å². The van der Waals surface area contributed by atoms with Crippen LogP contribution in [-0.4, -0.2) is 34.6 Å². The summed E-state index contributed by atoms with van der Waals surface area (Å²) in [4.78, 5) is 28.3. The van der Waals surface area contributed by atoms with Crippen LogP contribution >= 0.6 is 23.2 Å². The van der Waals surface area contributed by atoms with E-state index in [2.05, 4.69) is 15.6 Å². The molecule has 5 N–H and O–H groups in total. The van der Waals surface area contributed by atoms with Gasteiger partial charge in [-0.1, -0.05) is 35.3 Å². The van der Waals surface area contributed by atoms with Gasteiger partial charge in [-0.05, 0) is 43.3 Å². The molecule has 1 atom stereocenters. The topological polar surface area (TPSA) is 130 Å². The van der Waals surface area contributed by atoms with Crippen molar-refractivity contribution in [2.24, 2.45) is 5.73 Å². The number of carboxylic acid groups (broad SMARTS) is 1. The van der Waals surface area contributed by atoms with Crippen molar-refractivity contribution < 1.29 is 19.1 Å². The Bertz CT molecular complexity index is 1090. The van der Waals surface area contributed by atoms with Gasteiger partial charge < -0.3 is 20.6 Å². The Morgan fingerprint density at radius 2 is 1.97 bits per heavy atom. The number of hydrogen-bond acceptors (Lipinski definition) is 6. The Labute approximate surface area is 188 Å². The molecule has 0 aliphatic rings. The van der Waals surface area contributed by atoms with E-state index < -0.39 is 17.9 Å². The quantitative estimate of drug-likeness (QED) is 0.380. The van der Waals surface area contributed by atoms with Crippen LogP contribution < -0.4 is 16.4 Å². The number of nitrogens with one attached hydrogen (secondary N) is 2. The van der Waals surface area contributed by atoms with E-state index in [1.54, 1.807) is 30.3 Å². The summed E-state index contributed by atoms with van der Waals surface area (Å²) in [5, 5.41) is 15.9. The molecule has 0 bridgehead atoms. The van der Waals surface area contributed by atoms with Crippen molar-refractivity contribution in [2.45, 2.75) is 19.0 Å². The van der Waals surface area contributed by atoms with Gasteiger partial charge in [-0.15, -0.1) is 0 Å². The monoisotopic (exact) mass is 462 g/mol. The molecule has 0 aliphatic heterocycles. The molecule has 8 nitrogen and oxygen atoms in total. The third-order valence-electron chi connectivity index (χ3n) is 4.43. The summed E-state index contributed by atoms with van der Waals surface area (Å²) in [5.41, 5.74) is 6.45. The summed E-state index contributed by atoms with van der Waals surface area (Å²) in [6.45, 7) is 0.400. The van der Waals surface area contributed by atoms with Gasteiger partial charge in [-0.25, -0.2) is 9.78 Å². The molecular weight excluding hydrogens is 443 g/mol. The van der Waals surface area contributed by atoms with Crippen LogP contribution in [0.4, 0.5) is 5.69 Å². The lowest BCUT2D eigenvalue weighted by atomic mass is 10.1. The summed E-state index contributed by atoms with van der Waals surface area (Å²) in [6.07, 6.45) is 1.85. The third kappa shape index (κ3) is 5.83. The molecule has 1 amide bonds. The number of nitrogens with zero attached hydrogens (tertiary/aromatic N) is 1. The molecule has 1 heterocycles. The first-order valence-electron chi connectivity index (χ1n) is 9.35. The minimum atomic E-state index is -1.13. The average molecular weight is 463 g/mol. The number of benzene rings is 2. The lowest BCUT2D eigenvalue weighted by Crippen LogP contribution is -2.41. The number of nitrogens with two attached hydrogens (primary N) is 1. The van der Waals surface area contributed by atoms with Crippen LogP contribution in [0.1, 0.15) is 22.7 Å². The Balaban J connectivity index is 1.69. The predicted molar refractivity (Wildman–Crippen MR) is 118 cm³/mol. The third-order valence-corrected chi connectivity index (χ3v) is 5.00. The smallest absolute Gasteiger partial charge is 0.337 e. The number of oxazole rings is 1. The fourth-order valence-corrected chi connectivity index (χ4v) is 3.29. The highest BCUT2D eigenvalue weighted by Gasteiger charge is 2.21. The molecule has 31 heavy (non-hydrogen) atoms. The highest BCUT2D eigenvalue weighted by atomic mass is 35.5. The van der Waals surface area contributed by atoms with Crippen LogP contribution in [0.25, 0.3) is 11.3 Å². The number of carbonyl (C=O) groups is 2. The number of aromatic carboxylic acids is 1. The van der Waals surface area contributed by atoms with Crippen LogP contribution in [0.15, 0.2) is 53.1 Å². The van der Waals surface area contributed by atoms with Crippen molar-refractivity contribution in [1.82, 2.24) is 10.3 Å². The maximum Gasteiger partial charge on any atom is 0.337 e. The van der Waals surface area contributed by atoms with Crippen LogP contribution in [-0.2, 0) is 11.3 Å². The maximum atomic E-state index is 12.7. The van der Waals surface area contributed by atoms with Crippen LogP contribution in [0.2, 0.25) is 10.0 Å². The fourth-order valence-electron chi connectivity index (χ4n) is 2.90. The summed E-state index contributed by atoms with van der Waals surface area (Å²) in [7, 11) is 0. The Morgan fingerprint density at radius 1 is 1.19 bits per heavy atom. The van der Waals surface area contributed by atoms with Gasteiger partial charge in [-0.3, -0.25) is 10.1 Å². The van der Waals surface area contributed by atoms with Gasteiger partial charge >= 0.3 is 5.97 Å². The Kier molecular flexibility index (Phi) is 7.64. The van der Waals surface area contributed by atoms with E-state index in [0.717, 1.165) is 0 Å². The first kappa shape index (κ1) is 22.8. The standard InChI is InChI=1S/C21H20Cl2N4O4/c22-12-5-6-15(23)14(9-12)18-10-26-19(31-18)11-25-17(7-8-24)20(28)27-16-4-2-1-3-13(16)21(29)30/h1-6,9-10,17,25H,7-8,11,24H2,(H,27,28)(H,29,30). The van der Waals surface area contributed by atoms with Crippen molar-refractivity contribution >= 4 is 40.8 Å². The number of para-hydroxylation sites is 1. The zero-order chi connectivity index (χ0) is 22.4. The number of aromatic nitrogens is 1. The van der Waals surface area contributed by atoms with Gasteiger partial charge in [0.15, 0.2) is 5.76 Å². The van der Waals surface area contributed by atoms with Gasteiger partial charge in [-0.2, -0.15) is 0 Å². The molecule has 162 valence electrons. The summed E-state index contributed by atoms with van der Waals surface area (Å²) in [6, 6.07) is 10.5. The normalized spacial score (nSPS) is 11.8. The van der Waals surface area contributed by atoms with Crippen molar-refractivity contribution in [3.05, 3.63) is 70.2 Å². The van der Waals surface area contributed by atoms with E-state index in [-0.39, 0.29) is 24.3 Å². The second-order valence-electron chi connectivity index (χ2n) is 6.59. The number of carboxylic acids is 1. The van der Waals surface area contributed by atoms with Crippen molar-refractivity contribution in [3.8, 4) is 11.3 Å². The molecule has 1 aromatic heterocycles. The molecule has 3 rings (SSSR count). The zero-order valence-electron chi connectivity index (χ0n) is 16.3. The maximum absolute atomic E-state index is 12.7. The second-order valence-corrected chi connectivity index (χ2v) is 7.44. The number of hydrogen-bond donors (Lipinski definition) is 4. The van der Waals surface area contributed by atoms with Crippen LogP contribution in [0, 0.1) is 0 Å². The highest BCUT2D eigenvalue weighted by molar-refractivity contribution is 6.35. The zero-order valence-corrected chi connectivity index (χ0v) is 17.8. The van der Waals surface area contributed by atoms with Crippen LogP contribution in [0.5, 0.6) is 0 Å². The lowest BCUT2D eigenvalue weighted by Gasteiger charge is -2.17. The Morgan fingerprint density at radius 3 is 2.71 bits per heavy atom. The number of anilines is 1. The first-order chi connectivity index (χ1) is 14.9. The highest BCUT2D eigenvalue weighted by Crippen LogP contribution is 2.31. The molecule has 0 saturated heterocycles. The number of carbonyl (C=O) groups excluding carboxylic acids is 1. The molecule has 0 radical (unpaired) electrons. The summed E-state index contributed by atoms with van der Waals surface area (Å²) < 4.78 is 5.73. The number of amides is 1. The van der Waals surface area contributed by atoms with Gasteiger partial charge in [0.25, 0.3) is 0 Å². The summed E-state index contributed by atoms with van der Waals surface area (Å²) >= 11 is 12.2. The molecule has 10 heteroatoms. The molecule has 0 saturated carbocycles. The minimum absolute atomic E-state index is 0.00177. The average Bonchev–Trinajstić information content (AvgIpc) is 3.21. The lowest BCUT2D eigenvalue weighted by molar-refractivity contribution is -0.118. The second kappa shape index (κ2) is 10.4. The molecule has 1 unspecified atom stereocenters. The van der Waals surface area contributed by atoms with E-state index in [1.165, 1.54) is 18.3 Å².